The molecule has 0 radical (unpaired) electrons. The van der Waals surface area contributed by atoms with Crippen molar-refractivity contribution in [3.8, 4) is 0 Å². The Morgan fingerprint density at radius 3 is 2.63 bits per heavy atom. The molecule has 3 aromatic heterocycles. The van der Waals surface area contributed by atoms with Crippen LogP contribution in [0.4, 0.5) is 0 Å². The molecule has 30 heavy (non-hydrogen) atoms. The van der Waals surface area contributed by atoms with Crippen molar-refractivity contribution in [1.82, 2.24) is 24.1 Å². The molecule has 0 amide bonds. The maximum absolute atomic E-state index is 13.4. The first-order chi connectivity index (χ1) is 14.7. The van der Waals surface area contributed by atoms with Gasteiger partial charge in [-0.15, -0.1) is 0 Å². The summed E-state index contributed by atoms with van der Waals surface area (Å²) in [4.78, 5) is 27.9. The van der Waals surface area contributed by atoms with Crippen LogP contribution in [0, 0.1) is 0 Å². The number of aryl methyl sites for hydroxylation is 1. The van der Waals surface area contributed by atoms with E-state index in [1.807, 2.05) is 31.2 Å². The molecule has 0 saturated heterocycles. The highest BCUT2D eigenvalue weighted by Gasteiger charge is 2.21. The Hall–Kier alpha value is -3.02. The fraction of sp³-hybridized carbons (Fsp3) is 0.417. The van der Waals surface area contributed by atoms with Crippen molar-refractivity contribution in [2.45, 2.75) is 65.0 Å². The Balaban J connectivity index is 1.75. The Morgan fingerprint density at radius 2 is 1.90 bits per heavy atom. The second-order valence-corrected chi connectivity index (χ2v) is 8.31. The van der Waals surface area contributed by atoms with E-state index in [9.17, 15) is 4.79 Å². The summed E-state index contributed by atoms with van der Waals surface area (Å²) < 4.78 is 3.83. The number of para-hydroxylation sites is 2. The fourth-order valence-electron chi connectivity index (χ4n) is 4.43. The minimum Gasteiger partial charge on any atom is -0.308 e. The number of fused-ring (bicyclic) bond motifs is 4. The van der Waals surface area contributed by atoms with Crippen molar-refractivity contribution in [1.29, 1.82) is 0 Å². The molecule has 154 valence electrons. The van der Waals surface area contributed by atoms with Crippen LogP contribution in [-0.2, 0) is 6.54 Å². The van der Waals surface area contributed by atoms with Crippen molar-refractivity contribution in [3.63, 3.8) is 0 Å². The lowest BCUT2D eigenvalue weighted by atomic mass is 9.97. The molecule has 1 aliphatic rings. The summed E-state index contributed by atoms with van der Waals surface area (Å²) in [6.07, 6.45) is 10.8. The highest BCUT2D eigenvalue weighted by molar-refractivity contribution is 6.04. The molecule has 5 rings (SSSR count). The summed E-state index contributed by atoms with van der Waals surface area (Å²) in [6.45, 7) is 4.89. The van der Waals surface area contributed by atoms with Crippen molar-refractivity contribution in [2.24, 2.45) is 0 Å². The molecular weight excluding hydrogens is 374 g/mol. The molecule has 0 N–H and O–H groups in total. The molecule has 0 spiro atoms. The van der Waals surface area contributed by atoms with Gasteiger partial charge in [0.25, 0.3) is 5.56 Å². The zero-order valence-electron chi connectivity index (χ0n) is 17.6. The highest BCUT2D eigenvalue weighted by atomic mass is 16.1. The van der Waals surface area contributed by atoms with Crippen LogP contribution in [0.25, 0.3) is 33.2 Å². The zero-order chi connectivity index (χ0) is 20.7. The number of hydrogen-bond donors (Lipinski definition) is 0. The van der Waals surface area contributed by atoms with Crippen LogP contribution in [0.3, 0.4) is 0 Å². The van der Waals surface area contributed by atoms with Crippen molar-refractivity contribution >= 4 is 33.2 Å². The van der Waals surface area contributed by atoms with E-state index in [0.29, 0.717) is 16.6 Å². The highest BCUT2D eigenvalue weighted by Crippen LogP contribution is 2.27. The monoisotopic (exact) mass is 401 g/mol. The molecule has 0 bridgehead atoms. The summed E-state index contributed by atoms with van der Waals surface area (Å²) in [5.41, 5.74) is 5.23. The van der Waals surface area contributed by atoms with E-state index in [2.05, 4.69) is 17.6 Å². The molecule has 1 atom stereocenters. The summed E-state index contributed by atoms with van der Waals surface area (Å²) in [5.74, 6) is 0. The van der Waals surface area contributed by atoms with E-state index in [1.54, 1.807) is 10.9 Å². The number of hydrogen-bond acceptors (Lipinski definition) is 4. The molecular formula is C24H27N5O. The first kappa shape index (κ1) is 19.0. The third kappa shape index (κ3) is 3.11. The van der Waals surface area contributed by atoms with E-state index in [1.165, 1.54) is 31.3 Å². The predicted molar refractivity (Wildman–Crippen MR) is 121 cm³/mol. The maximum Gasteiger partial charge on any atom is 0.265 e. The van der Waals surface area contributed by atoms with Crippen LogP contribution >= 0.6 is 0 Å². The molecule has 4 aromatic rings. The van der Waals surface area contributed by atoms with Crippen molar-refractivity contribution < 1.29 is 0 Å². The third-order valence-corrected chi connectivity index (χ3v) is 6.38. The summed E-state index contributed by atoms with van der Waals surface area (Å²) in [6, 6.07) is 7.93. The van der Waals surface area contributed by atoms with Crippen molar-refractivity contribution in [3.05, 3.63) is 52.6 Å². The lowest BCUT2D eigenvalue weighted by molar-refractivity contribution is 0.510. The topological polar surface area (TPSA) is 65.6 Å². The molecule has 3 heterocycles. The molecule has 0 aliphatic heterocycles. The molecule has 0 unspecified atom stereocenters. The first-order valence-electron chi connectivity index (χ1n) is 11.0. The quantitative estimate of drug-likeness (QED) is 0.434. The molecule has 6 heteroatoms. The van der Waals surface area contributed by atoms with Gasteiger partial charge in [-0.1, -0.05) is 30.7 Å². The number of benzene rings is 1. The minimum absolute atomic E-state index is 0.0282. The molecule has 0 fully saturated rings. The Morgan fingerprint density at radius 1 is 1.10 bits per heavy atom. The standard InChI is InChI=1S/C24H27N5O/c1-3-16(2)29-15-25-22-20(24(29)30)21-23(27-19-12-8-7-11-18(19)26-21)28(22)14-13-17-9-5-4-6-10-17/h7-9,11-12,15-16H,3-6,10,13-14H2,1-2H3/t16-/m0/s1. The van der Waals surface area contributed by atoms with Crippen LogP contribution in [0.5, 0.6) is 0 Å². The van der Waals surface area contributed by atoms with E-state index in [0.717, 1.165) is 36.1 Å². The Labute approximate surface area is 175 Å². The van der Waals surface area contributed by atoms with Gasteiger partial charge in [0.05, 0.1) is 11.0 Å². The van der Waals surface area contributed by atoms with Crippen LogP contribution in [0.1, 0.15) is 58.4 Å². The van der Waals surface area contributed by atoms with Gasteiger partial charge < -0.3 is 4.57 Å². The van der Waals surface area contributed by atoms with Crippen molar-refractivity contribution in [2.75, 3.05) is 0 Å². The number of allylic oxidation sites excluding steroid dienone is 2. The van der Waals surface area contributed by atoms with Gasteiger partial charge >= 0.3 is 0 Å². The average molecular weight is 402 g/mol. The number of nitrogens with zero attached hydrogens (tertiary/aromatic N) is 5. The third-order valence-electron chi connectivity index (χ3n) is 6.38. The van der Waals surface area contributed by atoms with Gasteiger partial charge in [-0.3, -0.25) is 9.36 Å². The Kier molecular flexibility index (Phi) is 4.85. The number of rotatable bonds is 5. The fourth-order valence-corrected chi connectivity index (χ4v) is 4.43. The summed E-state index contributed by atoms with van der Waals surface area (Å²) >= 11 is 0. The average Bonchev–Trinajstić information content (AvgIpc) is 3.09. The van der Waals surface area contributed by atoms with Crippen LogP contribution < -0.4 is 5.56 Å². The number of aromatic nitrogens is 5. The molecule has 6 nitrogen and oxygen atoms in total. The lowest BCUT2D eigenvalue weighted by Crippen LogP contribution is -2.23. The van der Waals surface area contributed by atoms with Gasteiger partial charge in [0.1, 0.15) is 17.2 Å². The largest absolute Gasteiger partial charge is 0.308 e. The van der Waals surface area contributed by atoms with Gasteiger partial charge in [-0.05, 0) is 57.6 Å². The van der Waals surface area contributed by atoms with Gasteiger partial charge in [0, 0.05) is 12.6 Å². The van der Waals surface area contributed by atoms with Gasteiger partial charge in [-0.2, -0.15) is 0 Å². The first-order valence-corrected chi connectivity index (χ1v) is 11.0. The summed E-state index contributed by atoms with van der Waals surface area (Å²) in [5, 5.41) is 0.587. The summed E-state index contributed by atoms with van der Waals surface area (Å²) in [7, 11) is 0. The second-order valence-electron chi connectivity index (χ2n) is 8.31. The second kappa shape index (κ2) is 7.67. The lowest BCUT2D eigenvalue weighted by Gasteiger charge is -2.14. The maximum atomic E-state index is 13.4. The molecule has 1 aliphatic carbocycles. The predicted octanol–water partition coefficient (Wildman–Crippen LogP) is 5.16. The van der Waals surface area contributed by atoms with Crippen LogP contribution in [-0.4, -0.2) is 24.1 Å². The van der Waals surface area contributed by atoms with Gasteiger partial charge in [0.15, 0.2) is 11.3 Å². The SMILES string of the molecule is CC[C@H](C)n1cnc2c(c1=O)c1nc3ccccc3nc1n2CCC1=CCCCC1. The Bertz CT molecular complexity index is 1330. The van der Waals surface area contributed by atoms with Crippen LogP contribution in [0.15, 0.2) is 47.0 Å². The smallest absolute Gasteiger partial charge is 0.265 e. The van der Waals surface area contributed by atoms with E-state index < -0.39 is 0 Å². The van der Waals surface area contributed by atoms with E-state index in [-0.39, 0.29) is 11.6 Å². The minimum atomic E-state index is -0.0282. The van der Waals surface area contributed by atoms with E-state index in [4.69, 9.17) is 15.0 Å². The van der Waals surface area contributed by atoms with Crippen LogP contribution in [0.2, 0.25) is 0 Å². The van der Waals surface area contributed by atoms with E-state index >= 15 is 0 Å². The molecule has 0 saturated carbocycles. The normalized spacial score (nSPS) is 15.7. The van der Waals surface area contributed by atoms with Gasteiger partial charge in [0.2, 0.25) is 0 Å². The molecule has 1 aromatic carbocycles. The van der Waals surface area contributed by atoms with Gasteiger partial charge in [-0.25, -0.2) is 15.0 Å². The zero-order valence-corrected chi connectivity index (χ0v) is 17.6.